The molecule has 0 unspecified atom stereocenters. The molecule has 0 atom stereocenters. The number of amides is 1. The first-order valence-electron chi connectivity index (χ1n) is 6.55. The van der Waals surface area contributed by atoms with Crippen molar-refractivity contribution in [1.82, 2.24) is 9.13 Å². The number of anilines is 1. The SMILES string of the molecule is Cc1cc(NC(=O)c2cn(C)c(=O)n(C)c2=O)ccc1[N+](=O)[O-]. The lowest BCUT2D eigenvalue weighted by molar-refractivity contribution is -0.385. The normalized spacial score (nSPS) is 10.4. The van der Waals surface area contributed by atoms with Gasteiger partial charge in [0.05, 0.1) is 4.92 Å². The predicted molar refractivity (Wildman–Crippen MR) is 82.7 cm³/mol. The van der Waals surface area contributed by atoms with Crippen LogP contribution in [0.5, 0.6) is 0 Å². The minimum absolute atomic E-state index is 0.0685. The van der Waals surface area contributed by atoms with E-state index in [2.05, 4.69) is 5.32 Å². The van der Waals surface area contributed by atoms with Crippen LogP contribution in [0.4, 0.5) is 11.4 Å². The molecule has 0 saturated heterocycles. The quantitative estimate of drug-likeness (QED) is 0.655. The summed E-state index contributed by atoms with van der Waals surface area (Å²) in [4.78, 5) is 46.0. The Kier molecular flexibility index (Phi) is 4.12. The molecule has 23 heavy (non-hydrogen) atoms. The van der Waals surface area contributed by atoms with Crippen LogP contribution in [-0.4, -0.2) is 20.0 Å². The van der Waals surface area contributed by atoms with Crippen LogP contribution >= 0.6 is 0 Å². The Labute approximate surface area is 129 Å². The summed E-state index contributed by atoms with van der Waals surface area (Å²) in [5.74, 6) is -0.700. The number of nitro groups is 1. The van der Waals surface area contributed by atoms with E-state index in [1.807, 2.05) is 0 Å². The van der Waals surface area contributed by atoms with Gasteiger partial charge in [0.2, 0.25) is 0 Å². The zero-order chi connectivity index (χ0) is 17.3. The van der Waals surface area contributed by atoms with Crippen molar-refractivity contribution in [3.05, 3.63) is 66.5 Å². The molecule has 1 heterocycles. The molecule has 0 radical (unpaired) electrons. The van der Waals surface area contributed by atoms with Gasteiger partial charge in [-0.15, -0.1) is 0 Å². The Balaban J connectivity index is 2.37. The lowest BCUT2D eigenvalue weighted by atomic mass is 10.1. The maximum absolute atomic E-state index is 12.2. The second kappa shape index (κ2) is 5.87. The first-order valence-corrected chi connectivity index (χ1v) is 6.55. The third-order valence-electron chi connectivity index (χ3n) is 3.34. The summed E-state index contributed by atoms with van der Waals surface area (Å²) in [6.07, 6.45) is 1.15. The number of benzene rings is 1. The zero-order valence-corrected chi connectivity index (χ0v) is 12.7. The first kappa shape index (κ1) is 16.1. The van der Waals surface area contributed by atoms with Gasteiger partial charge in [-0.3, -0.25) is 24.3 Å². The lowest BCUT2D eigenvalue weighted by Crippen LogP contribution is -2.40. The van der Waals surface area contributed by atoms with E-state index in [1.54, 1.807) is 6.92 Å². The molecule has 9 heteroatoms. The number of hydrogen-bond donors (Lipinski definition) is 1. The van der Waals surface area contributed by atoms with E-state index in [-0.39, 0.29) is 11.3 Å². The first-order chi connectivity index (χ1) is 10.7. The monoisotopic (exact) mass is 318 g/mol. The van der Waals surface area contributed by atoms with Crippen LogP contribution in [0.2, 0.25) is 0 Å². The van der Waals surface area contributed by atoms with Crippen LogP contribution in [-0.2, 0) is 14.1 Å². The number of nitrogens with one attached hydrogen (secondary N) is 1. The third kappa shape index (κ3) is 3.03. The van der Waals surface area contributed by atoms with Crippen LogP contribution in [0.3, 0.4) is 0 Å². The molecule has 9 nitrogen and oxygen atoms in total. The second-order valence-corrected chi connectivity index (χ2v) is 5.01. The van der Waals surface area contributed by atoms with E-state index >= 15 is 0 Å². The molecule has 2 rings (SSSR count). The van der Waals surface area contributed by atoms with Crippen molar-refractivity contribution >= 4 is 17.3 Å². The molecule has 0 spiro atoms. The van der Waals surface area contributed by atoms with E-state index in [1.165, 1.54) is 32.3 Å². The fourth-order valence-corrected chi connectivity index (χ4v) is 2.10. The number of aryl methyl sites for hydroxylation is 2. The summed E-state index contributed by atoms with van der Waals surface area (Å²) >= 11 is 0. The van der Waals surface area contributed by atoms with Gasteiger partial charge in [0.1, 0.15) is 5.56 Å². The van der Waals surface area contributed by atoms with E-state index in [0.29, 0.717) is 11.3 Å². The minimum Gasteiger partial charge on any atom is -0.322 e. The van der Waals surface area contributed by atoms with Gasteiger partial charge >= 0.3 is 5.69 Å². The highest BCUT2D eigenvalue weighted by Gasteiger charge is 2.16. The maximum Gasteiger partial charge on any atom is 0.330 e. The molecule has 0 aliphatic carbocycles. The van der Waals surface area contributed by atoms with Gasteiger partial charge in [-0.25, -0.2) is 4.79 Å². The van der Waals surface area contributed by atoms with Crippen LogP contribution in [0.1, 0.15) is 15.9 Å². The van der Waals surface area contributed by atoms with Crippen molar-refractivity contribution in [2.24, 2.45) is 14.1 Å². The Morgan fingerprint density at radius 1 is 1.26 bits per heavy atom. The van der Waals surface area contributed by atoms with E-state index in [9.17, 15) is 24.5 Å². The highest BCUT2D eigenvalue weighted by molar-refractivity contribution is 6.03. The average Bonchev–Trinajstić information content (AvgIpc) is 2.48. The van der Waals surface area contributed by atoms with Crippen molar-refractivity contribution in [3.63, 3.8) is 0 Å². The molecule has 0 aliphatic rings. The number of nitrogens with zero attached hydrogens (tertiary/aromatic N) is 3. The molecule has 1 amide bonds. The predicted octanol–water partition coefficient (Wildman–Crippen LogP) is 0.553. The van der Waals surface area contributed by atoms with Gasteiger partial charge in [0.25, 0.3) is 17.2 Å². The van der Waals surface area contributed by atoms with E-state index in [0.717, 1.165) is 15.3 Å². The average molecular weight is 318 g/mol. The largest absolute Gasteiger partial charge is 0.330 e. The molecule has 1 N–H and O–H groups in total. The number of carbonyl (C=O) groups is 1. The van der Waals surface area contributed by atoms with Crippen LogP contribution in [0.15, 0.2) is 34.0 Å². The fraction of sp³-hybridized carbons (Fsp3) is 0.214. The lowest BCUT2D eigenvalue weighted by Gasteiger charge is -2.08. The molecule has 1 aromatic heterocycles. The van der Waals surface area contributed by atoms with Crippen molar-refractivity contribution in [2.75, 3.05) is 5.32 Å². The molecular weight excluding hydrogens is 304 g/mol. The molecule has 0 bridgehead atoms. The van der Waals surface area contributed by atoms with E-state index < -0.39 is 22.1 Å². The van der Waals surface area contributed by atoms with Gasteiger partial charge in [0, 0.05) is 37.6 Å². The summed E-state index contributed by atoms with van der Waals surface area (Å²) in [6, 6.07) is 4.07. The Bertz CT molecular complexity index is 926. The summed E-state index contributed by atoms with van der Waals surface area (Å²) < 4.78 is 1.95. The van der Waals surface area contributed by atoms with Crippen LogP contribution in [0.25, 0.3) is 0 Å². The summed E-state index contributed by atoms with van der Waals surface area (Å²) in [5.41, 5.74) is -0.844. The van der Waals surface area contributed by atoms with Gasteiger partial charge in [-0.2, -0.15) is 0 Å². The molecule has 120 valence electrons. The fourth-order valence-electron chi connectivity index (χ4n) is 2.10. The van der Waals surface area contributed by atoms with Crippen LogP contribution < -0.4 is 16.6 Å². The Morgan fingerprint density at radius 2 is 1.91 bits per heavy atom. The van der Waals surface area contributed by atoms with Gasteiger partial charge in [0.15, 0.2) is 0 Å². The third-order valence-corrected chi connectivity index (χ3v) is 3.34. The van der Waals surface area contributed by atoms with Crippen molar-refractivity contribution in [2.45, 2.75) is 6.92 Å². The topological polar surface area (TPSA) is 116 Å². The smallest absolute Gasteiger partial charge is 0.322 e. The highest BCUT2D eigenvalue weighted by Crippen LogP contribution is 2.21. The molecule has 1 aromatic carbocycles. The van der Waals surface area contributed by atoms with Crippen molar-refractivity contribution < 1.29 is 9.72 Å². The summed E-state index contributed by atoms with van der Waals surface area (Å²) in [7, 11) is 2.70. The van der Waals surface area contributed by atoms with Gasteiger partial charge < -0.3 is 9.88 Å². The molecular formula is C14H14N4O5. The standard InChI is InChI=1S/C14H14N4O5/c1-8-6-9(4-5-11(8)18(22)23)15-12(19)10-7-16(2)14(21)17(3)13(10)20/h4-7H,1-3H3,(H,15,19). The number of carbonyl (C=O) groups excluding carboxylic acids is 1. The van der Waals surface area contributed by atoms with Gasteiger partial charge in [-0.1, -0.05) is 0 Å². The number of aromatic nitrogens is 2. The number of nitro benzene ring substituents is 1. The second-order valence-electron chi connectivity index (χ2n) is 5.01. The molecule has 0 aliphatic heterocycles. The Hall–Kier alpha value is -3.23. The maximum atomic E-state index is 12.2. The highest BCUT2D eigenvalue weighted by atomic mass is 16.6. The number of rotatable bonds is 3. The summed E-state index contributed by atoms with van der Waals surface area (Å²) in [5, 5.41) is 13.3. The zero-order valence-electron chi connectivity index (χ0n) is 12.7. The summed E-state index contributed by atoms with van der Waals surface area (Å²) in [6.45, 7) is 1.54. The number of hydrogen-bond acceptors (Lipinski definition) is 5. The van der Waals surface area contributed by atoms with Crippen molar-refractivity contribution in [3.8, 4) is 0 Å². The van der Waals surface area contributed by atoms with Crippen molar-refractivity contribution in [1.29, 1.82) is 0 Å². The molecule has 2 aromatic rings. The van der Waals surface area contributed by atoms with Gasteiger partial charge in [-0.05, 0) is 19.1 Å². The Morgan fingerprint density at radius 3 is 2.48 bits per heavy atom. The van der Waals surface area contributed by atoms with Crippen LogP contribution in [0, 0.1) is 17.0 Å². The molecule has 0 saturated carbocycles. The minimum atomic E-state index is -0.718. The molecule has 0 fully saturated rings. The van der Waals surface area contributed by atoms with E-state index in [4.69, 9.17) is 0 Å².